The van der Waals surface area contributed by atoms with Crippen LogP contribution in [0.25, 0.3) is 0 Å². The Balaban J connectivity index is 2.21. The maximum atomic E-state index is 5.74. The quantitative estimate of drug-likeness (QED) is 0.685. The lowest BCUT2D eigenvalue weighted by Crippen LogP contribution is -2.42. The van der Waals surface area contributed by atoms with E-state index >= 15 is 0 Å². The number of rotatable bonds is 5. The molecular weight excluding hydrogens is 160 g/mol. The second-order valence-electron chi connectivity index (χ2n) is 4.71. The van der Waals surface area contributed by atoms with Crippen LogP contribution in [0.4, 0.5) is 0 Å². The van der Waals surface area contributed by atoms with Gasteiger partial charge in [0.2, 0.25) is 0 Å². The zero-order chi connectivity index (χ0) is 9.68. The van der Waals surface area contributed by atoms with Gasteiger partial charge in [-0.25, -0.2) is 0 Å². The smallest absolute Gasteiger partial charge is 0.0195 e. The zero-order valence-electron chi connectivity index (χ0n) is 9.05. The van der Waals surface area contributed by atoms with E-state index in [4.69, 9.17) is 5.73 Å². The van der Waals surface area contributed by atoms with Gasteiger partial charge in [-0.1, -0.05) is 26.7 Å². The van der Waals surface area contributed by atoms with Crippen molar-refractivity contribution >= 4 is 0 Å². The summed E-state index contributed by atoms with van der Waals surface area (Å²) in [5.41, 5.74) is 5.74. The summed E-state index contributed by atoms with van der Waals surface area (Å²) in [5, 5.41) is 3.67. The van der Waals surface area contributed by atoms with E-state index in [9.17, 15) is 0 Å². The maximum absolute atomic E-state index is 5.74. The van der Waals surface area contributed by atoms with Crippen LogP contribution in [-0.2, 0) is 0 Å². The van der Waals surface area contributed by atoms with Crippen LogP contribution in [-0.4, -0.2) is 18.6 Å². The van der Waals surface area contributed by atoms with Crippen molar-refractivity contribution in [1.29, 1.82) is 0 Å². The summed E-state index contributed by atoms with van der Waals surface area (Å²) in [6.07, 6.45) is 6.73. The Morgan fingerprint density at radius 2 is 1.92 bits per heavy atom. The molecule has 1 saturated carbocycles. The fourth-order valence-corrected chi connectivity index (χ4v) is 2.23. The van der Waals surface area contributed by atoms with Crippen molar-refractivity contribution in [1.82, 2.24) is 5.32 Å². The molecule has 3 N–H and O–H groups in total. The first-order valence-corrected chi connectivity index (χ1v) is 5.68. The van der Waals surface area contributed by atoms with Crippen LogP contribution in [0, 0.1) is 5.92 Å². The zero-order valence-corrected chi connectivity index (χ0v) is 9.05. The Morgan fingerprint density at radius 3 is 2.38 bits per heavy atom. The van der Waals surface area contributed by atoms with Crippen molar-refractivity contribution in [3.8, 4) is 0 Å². The summed E-state index contributed by atoms with van der Waals surface area (Å²) in [7, 11) is 0. The molecule has 0 aliphatic heterocycles. The molecule has 0 heterocycles. The van der Waals surface area contributed by atoms with Crippen LogP contribution in [0.5, 0.6) is 0 Å². The highest BCUT2D eigenvalue weighted by Gasteiger charge is 2.18. The molecule has 1 fully saturated rings. The van der Waals surface area contributed by atoms with Gasteiger partial charge in [0, 0.05) is 18.6 Å². The van der Waals surface area contributed by atoms with Crippen LogP contribution in [0.1, 0.15) is 46.0 Å². The first-order chi connectivity index (χ1) is 6.22. The van der Waals surface area contributed by atoms with Crippen molar-refractivity contribution in [2.45, 2.75) is 58.0 Å². The van der Waals surface area contributed by atoms with Crippen molar-refractivity contribution in [3.63, 3.8) is 0 Å². The highest BCUT2D eigenvalue weighted by molar-refractivity contribution is 4.79. The molecule has 1 aliphatic rings. The molecule has 0 amide bonds. The monoisotopic (exact) mass is 184 g/mol. The Labute approximate surface area is 82.3 Å². The predicted molar refractivity (Wildman–Crippen MR) is 57.7 cm³/mol. The average Bonchev–Trinajstić information content (AvgIpc) is 2.55. The summed E-state index contributed by atoms with van der Waals surface area (Å²) < 4.78 is 0. The van der Waals surface area contributed by atoms with Gasteiger partial charge in [-0.3, -0.25) is 0 Å². The molecule has 0 spiro atoms. The highest BCUT2D eigenvalue weighted by atomic mass is 15.0. The minimum atomic E-state index is 0.545. The third-order valence-corrected chi connectivity index (χ3v) is 2.87. The van der Waals surface area contributed by atoms with Crippen LogP contribution in [0.2, 0.25) is 0 Å². The molecule has 0 bridgehead atoms. The molecule has 2 nitrogen and oxygen atoms in total. The highest BCUT2D eigenvalue weighted by Crippen LogP contribution is 2.19. The van der Waals surface area contributed by atoms with E-state index in [1.54, 1.807) is 0 Å². The topological polar surface area (TPSA) is 38.0 Å². The van der Waals surface area contributed by atoms with Crippen LogP contribution < -0.4 is 11.1 Å². The van der Waals surface area contributed by atoms with E-state index in [2.05, 4.69) is 19.2 Å². The van der Waals surface area contributed by atoms with Gasteiger partial charge in [0.25, 0.3) is 0 Å². The molecule has 2 heteroatoms. The maximum Gasteiger partial charge on any atom is 0.0195 e. The molecular formula is C11H24N2. The van der Waals surface area contributed by atoms with Gasteiger partial charge in [-0.2, -0.15) is 0 Å². The minimum absolute atomic E-state index is 0.545. The Kier molecular flexibility index (Phi) is 4.74. The standard InChI is InChI=1S/C11H24N2/c1-9(2)7-11(8-12)13-10-5-3-4-6-10/h9-11,13H,3-8,12H2,1-2H3. The van der Waals surface area contributed by atoms with Gasteiger partial charge in [-0.15, -0.1) is 0 Å². The average molecular weight is 184 g/mol. The molecule has 0 aromatic rings. The number of hydrogen-bond acceptors (Lipinski definition) is 2. The second kappa shape index (κ2) is 5.61. The van der Waals surface area contributed by atoms with Crippen molar-refractivity contribution in [2.24, 2.45) is 11.7 Å². The molecule has 0 saturated heterocycles. The Hall–Kier alpha value is -0.0800. The van der Waals surface area contributed by atoms with E-state index in [0.29, 0.717) is 6.04 Å². The Bertz CT molecular complexity index is 128. The molecule has 0 aromatic carbocycles. The molecule has 0 aromatic heterocycles. The lowest BCUT2D eigenvalue weighted by atomic mass is 10.0. The largest absolute Gasteiger partial charge is 0.329 e. The van der Waals surface area contributed by atoms with E-state index < -0.39 is 0 Å². The van der Waals surface area contributed by atoms with Crippen molar-refractivity contribution in [3.05, 3.63) is 0 Å². The normalized spacial score (nSPS) is 21.2. The third-order valence-electron chi connectivity index (χ3n) is 2.87. The number of hydrogen-bond donors (Lipinski definition) is 2. The van der Waals surface area contributed by atoms with Gasteiger partial charge in [0.1, 0.15) is 0 Å². The molecule has 0 radical (unpaired) electrons. The molecule has 13 heavy (non-hydrogen) atoms. The van der Waals surface area contributed by atoms with E-state index in [0.717, 1.165) is 18.5 Å². The third kappa shape index (κ3) is 4.10. The van der Waals surface area contributed by atoms with Crippen molar-refractivity contribution < 1.29 is 0 Å². The summed E-state index contributed by atoms with van der Waals surface area (Å²) in [5.74, 6) is 0.752. The first kappa shape index (κ1) is 11.0. The fraction of sp³-hybridized carbons (Fsp3) is 1.00. The molecule has 78 valence electrons. The van der Waals surface area contributed by atoms with Crippen LogP contribution in [0.15, 0.2) is 0 Å². The minimum Gasteiger partial charge on any atom is -0.329 e. The summed E-state index contributed by atoms with van der Waals surface area (Å²) in [6, 6.07) is 1.30. The summed E-state index contributed by atoms with van der Waals surface area (Å²) >= 11 is 0. The Morgan fingerprint density at radius 1 is 1.31 bits per heavy atom. The summed E-state index contributed by atoms with van der Waals surface area (Å²) in [6.45, 7) is 5.31. The lowest BCUT2D eigenvalue weighted by Gasteiger charge is -2.23. The molecule has 1 unspecified atom stereocenters. The SMILES string of the molecule is CC(C)CC(CN)NC1CCCC1. The predicted octanol–water partition coefficient (Wildman–Crippen LogP) is 1.89. The molecule has 1 atom stereocenters. The number of nitrogens with two attached hydrogens (primary N) is 1. The van der Waals surface area contributed by atoms with Crippen LogP contribution >= 0.6 is 0 Å². The van der Waals surface area contributed by atoms with Crippen LogP contribution in [0.3, 0.4) is 0 Å². The lowest BCUT2D eigenvalue weighted by molar-refractivity contribution is 0.377. The van der Waals surface area contributed by atoms with Gasteiger partial charge in [0.15, 0.2) is 0 Å². The molecule has 1 rings (SSSR count). The van der Waals surface area contributed by atoms with Gasteiger partial charge in [0.05, 0.1) is 0 Å². The van der Waals surface area contributed by atoms with E-state index in [-0.39, 0.29) is 0 Å². The number of nitrogens with one attached hydrogen (secondary N) is 1. The first-order valence-electron chi connectivity index (χ1n) is 5.68. The van der Waals surface area contributed by atoms with Gasteiger partial charge in [-0.05, 0) is 25.2 Å². The summed E-state index contributed by atoms with van der Waals surface area (Å²) in [4.78, 5) is 0. The van der Waals surface area contributed by atoms with E-state index in [1.165, 1.54) is 32.1 Å². The second-order valence-corrected chi connectivity index (χ2v) is 4.71. The van der Waals surface area contributed by atoms with Crippen molar-refractivity contribution in [2.75, 3.05) is 6.54 Å². The fourth-order valence-electron chi connectivity index (χ4n) is 2.23. The van der Waals surface area contributed by atoms with Gasteiger partial charge < -0.3 is 11.1 Å². The van der Waals surface area contributed by atoms with Gasteiger partial charge >= 0.3 is 0 Å². The van der Waals surface area contributed by atoms with E-state index in [1.807, 2.05) is 0 Å². The molecule has 1 aliphatic carbocycles.